The van der Waals surface area contributed by atoms with Gasteiger partial charge in [-0.05, 0) is 56.2 Å². The van der Waals surface area contributed by atoms with Crippen molar-refractivity contribution in [3.63, 3.8) is 0 Å². The molecule has 3 heterocycles. The maximum absolute atomic E-state index is 13.4. The fourth-order valence-corrected chi connectivity index (χ4v) is 4.64. The lowest BCUT2D eigenvalue weighted by atomic mass is 9.82. The normalized spacial score (nSPS) is 17.6. The summed E-state index contributed by atoms with van der Waals surface area (Å²) in [5.74, 6) is 0.547. The lowest BCUT2D eigenvalue weighted by Crippen LogP contribution is -2.33. The maximum atomic E-state index is 13.4. The molecule has 1 saturated carbocycles. The molecule has 0 bridgehead atoms. The minimum Gasteiger partial charge on any atom is -0.350 e. The van der Waals surface area contributed by atoms with E-state index in [-0.39, 0.29) is 40.6 Å². The highest BCUT2D eigenvalue weighted by Crippen LogP contribution is 2.34. The van der Waals surface area contributed by atoms with Gasteiger partial charge in [-0.15, -0.1) is 0 Å². The number of benzene rings is 1. The van der Waals surface area contributed by atoms with Crippen LogP contribution in [0.4, 0.5) is 4.39 Å². The molecule has 1 aliphatic carbocycles. The maximum Gasteiger partial charge on any atom is 0.270 e. The number of hydrogen-bond donors (Lipinski definition) is 2. The zero-order valence-electron chi connectivity index (χ0n) is 19.9. The lowest BCUT2D eigenvalue weighted by molar-refractivity contribution is 0.0934. The van der Waals surface area contributed by atoms with Gasteiger partial charge in [-0.25, -0.2) is 9.37 Å². The average Bonchev–Trinajstić information content (AvgIpc) is 3.56. The molecule has 37 heavy (non-hydrogen) atoms. The molecule has 0 saturated heterocycles. The van der Waals surface area contributed by atoms with Gasteiger partial charge in [0.05, 0.1) is 5.02 Å². The van der Waals surface area contributed by atoms with Crippen LogP contribution in [0.25, 0.3) is 5.78 Å². The summed E-state index contributed by atoms with van der Waals surface area (Å²) in [5.41, 5.74) is 0.770. The Morgan fingerprint density at radius 2 is 1.95 bits per heavy atom. The van der Waals surface area contributed by atoms with Gasteiger partial charge in [0.1, 0.15) is 23.5 Å². The van der Waals surface area contributed by atoms with Gasteiger partial charge in [0.2, 0.25) is 5.89 Å². The first-order valence-electron chi connectivity index (χ1n) is 11.9. The van der Waals surface area contributed by atoms with E-state index >= 15 is 0 Å². The second-order valence-corrected chi connectivity index (χ2v) is 9.44. The second kappa shape index (κ2) is 10.6. The van der Waals surface area contributed by atoms with E-state index in [1.165, 1.54) is 35.1 Å². The minimum absolute atomic E-state index is 0.00853. The highest BCUT2D eigenvalue weighted by atomic mass is 35.5. The molecule has 3 aromatic heterocycles. The van der Waals surface area contributed by atoms with E-state index in [1.807, 2.05) is 0 Å². The molecule has 13 heteroatoms. The van der Waals surface area contributed by atoms with Gasteiger partial charge in [0, 0.05) is 25.1 Å². The summed E-state index contributed by atoms with van der Waals surface area (Å²) >= 11 is 5.80. The van der Waals surface area contributed by atoms with Crippen molar-refractivity contribution in [1.29, 1.82) is 0 Å². The average molecular weight is 527 g/mol. The van der Waals surface area contributed by atoms with Gasteiger partial charge < -0.3 is 15.2 Å². The number of aromatic nitrogens is 6. The van der Waals surface area contributed by atoms with E-state index in [9.17, 15) is 14.0 Å². The number of carbonyl (C=O) groups is 2. The molecule has 0 radical (unpaired) electrons. The third kappa shape index (κ3) is 5.58. The Labute approximate surface area is 215 Å². The lowest BCUT2D eigenvalue weighted by Gasteiger charge is -2.26. The van der Waals surface area contributed by atoms with Crippen LogP contribution in [0.3, 0.4) is 0 Å². The summed E-state index contributed by atoms with van der Waals surface area (Å²) in [4.78, 5) is 38.4. The summed E-state index contributed by atoms with van der Waals surface area (Å²) in [6.07, 6.45) is 4.93. The van der Waals surface area contributed by atoms with E-state index < -0.39 is 11.7 Å². The molecule has 5 rings (SSSR count). The number of nitrogens with one attached hydrogen (secondary N) is 2. The van der Waals surface area contributed by atoms with Gasteiger partial charge in [-0.2, -0.15) is 19.6 Å². The first-order chi connectivity index (χ1) is 17.9. The SMILES string of the molecule is Cc1noc(C2CCC(CNC(=O)c3cc(C(=O)NCc4ccc(F)c(Cl)c4)nc4ncnn34)CC2)n1. The highest BCUT2D eigenvalue weighted by Gasteiger charge is 2.27. The number of aryl methyl sites for hydroxylation is 1. The van der Waals surface area contributed by atoms with Crippen molar-refractivity contribution < 1.29 is 18.5 Å². The van der Waals surface area contributed by atoms with Crippen LogP contribution in [0.5, 0.6) is 0 Å². The first-order valence-corrected chi connectivity index (χ1v) is 12.3. The predicted molar refractivity (Wildman–Crippen MR) is 129 cm³/mol. The molecule has 2 amide bonds. The largest absolute Gasteiger partial charge is 0.350 e. The third-order valence-corrected chi connectivity index (χ3v) is 6.73. The van der Waals surface area contributed by atoms with Crippen molar-refractivity contribution in [1.82, 2.24) is 40.4 Å². The Morgan fingerprint density at radius 1 is 1.14 bits per heavy atom. The number of hydrogen-bond acceptors (Lipinski definition) is 8. The molecule has 1 aliphatic rings. The van der Waals surface area contributed by atoms with Gasteiger partial charge in [-0.1, -0.05) is 22.8 Å². The van der Waals surface area contributed by atoms with E-state index in [4.69, 9.17) is 16.1 Å². The third-order valence-electron chi connectivity index (χ3n) is 6.44. The number of carbonyl (C=O) groups excluding carboxylic acids is 2. The minimum atomic E-state index is -0.540. The van der Waals surface area contributed by atoms with Crippen molar-refractivity contribution in [3.8, 4) is 0 Å². The van der Waals surface area contributed by atoms with E-state index in [0.29, 0.717) is 29.7 Å². The Balaban J connectivity index is 1.21. The van der Waals surface area contributed by atoms with Crippen molar-refractivity contribution in [2.75, 3.05) is 6.54 Å². The number of amides is 2. The number of fused-ring (bicyclic) bond motifs is 1. The van der Waals surface area contributed by atoms with Crippen molar-refractivity contribution >= 4 is 29.2 Å². The van der Waals surface area contributed by atoms with Crippen LogP contribution in [-0.4, -0.2) is 48.1 Å². The van der Waals surface area contributed by atoms with Crippen LogP contribution in [0.15, 0.2) is 35.1 Å². The molecular formula is C24H24ClFN8O3. The second-order valence-electron chi connectivity index (χ2n) is 9.04. The topological polar surface area (TPSA) is 140 Å². The van der Waals surface area contributed by atoms with Crippen LogP contribution in [0.2, 0.25) is 5.02 Å². The van der Waals surface area contributed by atoms with Crippen LogP contribution in [-0.2, 0) is 6.54 Å². The summed E-state index contributed by atoms with van der Waals surface area (Å²) in [5, 5.41) is 13.6. The first kappa shape index (κ1) is 24.8. The van der Waals surface area contributed by atoms with Crippen LogP contribution >= 0.6 is 11.6 Å². The van der Waals surface area contributed by atoms with Crippen molar-refractivity contribution in [2.24, 2.45) is 5.92 Å². The Hall–Kier alpha value is -3.93. The van der Waals surface area contributed by atoms with Gasteiger partial charge in [0.25, 0.3) is 17.6 Å². The number of nitrogens with zero attached hydrogens (tertiary/aromatic N) is 6. The monoisotopic (exact) mass is 526 g/mol. The highest BCUT2D eigenvalue weighted by molar-refractivity contribution is 6.30. The van der Waals surface area contributed by atoms with Crippen LogP contribution in [0, 0.1) is 18.7 Å². The molecule has 192 valence electrons. The van der Waals surface area contributed by atoms with Crippen LogP contribution < -0.4 is 10.6 Å². The molecule has 11 nitrogen and oxygen atoms in total. The Bertz CT molecular complexity index is 1450. The van der Waals surface area contributed by atoms with Gasteiger partial charge >= 0.3 is 0 Å². The molecule has 2 N–H and O–H groups in total. The van der Waals surface area contributed by atoms with Crippen molar-refractivity contribution in [2.45, 2.75) is 45.1 Å². The molecule has 1 aromatic carbocycles. The van der Waals surface area contributed by atoms with E-state index in [1.54, 1.807) is 6.92 Å². The Kier molecular flexibility index (Phi) is 7.08. The molecule has 0 atom stereocenters. The van der Waals surface area contributed by atoms with Gasteiger partial charge in [0.15, 0.2) is 5.82 Å². The summed E-state index contributed by atoms with van der Waals surface area (Å²) in [6, 6.07) is 5.55. The van der Waals surface area contributed by atoms with E-state index in [2.05, 4.69) is 35.8 Å². The zero-order valence-corrected chi connectivity index (χ0v) is 20.7. The molecule has 0 spiro atoms. The molecule has 1 fully saturated rings. The summed E-state index contributed by atoms with van der Waals surface area (Å²) < 4.78 is 20.0. The van der Waals surface area contributed by atoms with Gasteiger partial charge in [-0.3, -0.25) is 9.59 Å². The predicted octanol–water partition coefficient (Wildman–Crippen LogP) is 3.24. The number of rotatable bonds is 7. The standard InChI is InChI=1S/C24H24ClFN8O3/c1-13-31-23(37-33-13)16-5-2-14(3-6-16)10-28-22(36)20-9-19(32-24-29-12-30-34(20)24)21(35)27-11-15-4-7-18(26)17(25)8-15/h4,7-9,12,14,16H,2-3,5-6,10-11H2,1H3,(H,27,35)(H,28,36). The Morgan fingerprint density at radius 3 is 2.68 bits per heavy atom. The van der Waals surface area contributed by atoms with E-state index in [0.717, 1.165) is 25.7 Å². The fraction of sp³-hybridized carbons (Fsp3) is 0.375. The summed E-state index contributed by atoms with van der Waals surface area (Å²) in [7, 11) is 0. The molecule has 4 aromatic rings. The molecule has 0 aliphatic heterocycles. The summed E-state index contributed by atoms with van der Waals surface area (Å²) in [6.45, 7) is 2.39. The fourth-order valence-electron chi connectivity index (χ4n) is 4.43. The molecule has 0 unspecified atom stereocenters. The molecular weight excluding hydrogens is 503 g/mol. The number of halogens is 2. The van der Waals surface area contributed by atoms with Crippen LogP contribution in [0.1, 0.15) is 69.9 Å². The van der Waals surface area contributed by atoms with Crippen molar-refractivity contribution in [3.05, 3.63) is 70.1 Å². The smallest absolute Gasteiger partial charge is 0.270 e. The quantitative estimate of drug-likeness (QED) is 0.374. The zero-order chi connectivity index (χ0) is 25.9.